The summed E-state index contributed by atoms with van der Waals surface area (Å²) < 4.78 is 5.50. The Morgan fingerprint density at radius 3 is 3.05 bits per heavy atom. The molecule has 5 nitrogen and oxygen atoms in total. The number of nitrogens with zero attached hydrogens (tertiary/aromatic N) is 1. The van der Waals surface area contributed by atoms with Gasteiger partial charge >= 0.3 is 0 Å². The molecule has 0 aliphatic carbocycles. The van der Waals surface area contributed by atoms with E-state index in [2.05, 4.69) is 5.32 Å². The Kier molecular flexibility index (Phi) is 3.92. The van der Waals surface area contributed by atoms with Crippen LogP contribution in [0.4, 0.5) is 5.69 Å². The van der Waals surface area contributed by atoms with Gasteiger partial charge in [-0.1, -0.05) is 0 Å². The SMILES string of the molecule is CN1C(=O)CCc2cc(C(=O)NC[C@H]3CCCO3)ccc21. The summed E-state index contributed by atoms with van der Waals surface area (Å²) in [6.07, 6.45) is 3.43. The number of amides is 2. The van der Waals surface area contributed by atoms with Gasteiger partial charge in [0.1, 0.15) is 0 Å². The van der Waals surface area contributed by atoms with Crippen molar-refractivity contribution < 1.29 is 14.3 Å². The highest BCUT2D eigenvalue weighted by Gasteiger charge is 2.22. The number of rotatable bonds is 3. The third-order valence-corrected chi connectivity index (χ3v) is 4.20. The first-order valence-electron chi connectivity index (χ1n) is 7.44. The van der Waals surface area contributed by atoms with Crippen molar-refractivity contribution in [2.45, 2.75) is 31.8 Å². The lowest BCUT2D eigenvalue weighted by Gasteiger charge is -2.26. The van der Waals surface area contributed by atoms with E-state index in [4.69, 9.17) is 4.74 Å². The van der Waals surface area contributed by atoms with Crippen molar-refractivity contribution >= 4 is 17.5 Å². The molecule has 0 bridgehead atoms. The molecule has 5 heteroatoms. The van der Waals surface area contributed by atoms with E-state index in [0.29, 0.717) is 24.9 Å². The van der Waals surface area contributed by atoms with Crippen molar-refractivity contribution in [1.82, 2.24) is 5.32 Å². The second-order valence-electron chi connectivity index (χ2n) is 5.64. The van der Waals surface area contributed by atoms with E-state index in [1.54, 1.807) is 18.0 Å². The fourth-order valence-electron chi connectivity index (χ4n) is 2.91. The molecule has 0 radical (unpaired) electrons. The maximum Gasteiger partial charge on any atom is 0.251 e. The summed E-state index contributed by atoms with van der Waals surface area (Å²) in [5, 5.41) is 2.92. The predicted octanol–water partition coefficient (Wildman–Crippen LogP) is 1.50. The summed E-state index contributed by atoms with van der Waals surface area (Å²) in [7, 11) is 1.78. The van der Waals surface area contributed by atoms with E-state index >= 15 is 0 Å². The highest BCUT2D eigenvalue weighted by molar-refractivity contribution is 5.98. The molecular formula is C16H20N2O3. The van der Waals surface area contributed by atoms with Crippen LogP contribution in [0.1, 0.15) is 35.2 Å². The van der Waals surface area contributed by atoms with Gasteiger partial charge < -0.3 is 15.0 Å². The van der Waals surface area contributed by atoms with Crippen molar-refractivity contribution in [2.24, 2.45) is 0 Å². The number of benzene rings is 1. The van der Waals surface area contributed by atoms with Crippen LogP contribution in [0.15, 0.2) is 18.2 Å². The quantitative estimate of drug-likeness (QED) is 0.917. The smallest absolute Gasteiger partial charge is 0.251 e. The van der Waals surface area contributed by atoms with Crippen LogP contribution in [0.25, 0.3) is 0 Å². The molecule has 0 unspecified atom stereocenters. The largest absolute Gasteiger partial charge is 0.376 e. The second kappa shape index (κ2) is 5.85. The Hall–Kier alpha value is -1.88. The monoisotopic (exact) mass is 288 g/mol. The molecule has 3 rings (SSSR count). The average Bonchev–Trinajstić information content (AvgIpc) is 3.01. The molecule has 1 fully saturated rings. The molecule has 2 amide bonds. The number of nitrogens with one attached hydrogen (secondary N) is 1. The maximum absolute atomic E-state index is 12.2. The molecule has 1 aromatic rings. The minimum atomic E-state index is -0.0761. The lowest BCUT2D eigenvalue weighted by Crippen LogP contribution is -2.33. The summed E-state index contributed by atoms with van der Waals surface area (Å²) in [5.41, 5.74) is 2.61. The van der Waals surface area contributed by atoms with E-state index in [1.165, 1.54) is 0 Å². The van der Waals surface area contributed by atoms with E-state index in [-0.39, 0.29) is 17.9 Å². The number of hydrogen-bond donors (Lipinski definition) is 1. The van der Waals surface area contributed by atoms with Crippen molar-refractivity contribution in [3.05, 3.63) is 29.3 Å². The zero-order valence-corrected chi connectivity index (χ0v) is 12.2. The third-order valence-electron chi connectivity index (χ3n) is 4.20. The van der Waals surface area contributed by atoms with Crippen LogP contribution >= 0.6 is 0 Å². The highest BCUT2D eigenvalue weighted by atomic mass is 16.5. The zero-order valence-electron chi connectivity index (χ0n) is 12.2. The Labute approximate surface area is 124 Å². The molecule has 2 aliphatic rings. The number of ether oxygens (including phenoxy) is 1. The van der Waals surface area contributed by atoms with Crippen LogP contribution in [0.3, 0.4) is 0 Å². The molecule has 0 aromatic heterocycles. The molecule has 0 saturated carbocycles. The van der Waals surface area contributed by atoms with Crippen LogP contribution in [0.2, 0.25) is 0 Å². The van der Waals surface area contributed by atoms with Crippen molar-refractivity contribution in [3.63, 3.8) is 0 Å². The molecule has 21 heavy (non-hydrogen) atoms. The van der Waals surface area contributed by atoms with Gasteiger partial charge in [0.25, 0.3) is 5.91 Å². The van der Waals surface area contributed by atoms with E-state index < -0.39 is 0 Å². The topological polar surface area (TPSA) is 58.6 Å². The molecule has 1 atom stereocenters. The molecule has 2 aliphatic heterocycles. The highest BCUT2D eigenvalue weighted by Crippen LogP contribution is 2.27. The van der Waals surface area contributed by atoms with Gasteiger partial charge in [-0.3, -0.25) is 9.59 Å². The Bertz CT molecular complexity index is 565. The van der Waals surface area contributed by atoms with E-state index in [0.717, 1.165) is 30.7 Å². The fraction of sp³-hybridized carbons (Fsp3) is 0.500. The first-order chi connectivity index (χ1) is 10.1. The van der Waals surface area contributed by atoms with Gasteiger partial charge in [0.2, 0.25) is 5.91 Å². The second-order valence-corrected chi connectivity index (χ2v) is 5.64. The lowest BCUT2D eigenvalue weighted by atomic mass is 9.99. The van der Waals surface area contributed by atoms with E-state index in [9.17, 15) is 9.59 Å². The lowest BCUT2D eigenvalue weighted by molar-refractivity contribution is -0.118. The van der Waals surface area contributed by atoms with Gasteiger partial charge in [-0.05, 0) is 43.0 Å². The van der Waals surface area contributed by atoms with Crippen LogP contribution < -0.4 is 10.2 Å². The van der Waals surface area contributed by atoms with Crippen LogP contribution in [-0.2, 0) is 16.0 Å². The number of carbonyl (C=O) groups is 2. The Morgan fingerprint density at radius 1 is 1.43 bits per heavy atom. The van der Waals surface area contributed by atoms with Gasteiger partial charge in [-0.15, -0.1) is 0 Å². The third kappa shape index (κ3) is 2.93. The van der Waals surface area contributed by atoms with Crippen LogP contribution in [0.5, 0.6) is 0 Å². The van der Waals surface area contributed by atoms with Gasteiger partial charge in [0.05, 0.1) is 6.10 Å². The van der Waals surface area contributed by atoms with Crippen molar-refractivity contribution in [2.75, 3.05) is 25.1 Å². The van der Waals surface area contributed by atoms with Gasteiger partial charge in [0.15, 0.2) is 0 Å². The molecule has 2 heterocycles. The fourth-order valence-corrected chi connectivity index (χ4v) is 2.91. The number of hydrogen-bond acceptors (Lipinski definition) is 3. The summed E-state index contributed by atoms with van der Waals surface area (Å²) in [6.45, 7) is 1.36. The molecule has 1 N–H and O–H groups in total. The van der Waals surface area contributed by atoms with Gasteiger partial charge in [-0.25, -0.2) is 0 Å². The number of carbonyl (C=O) groups excluding carboxylic acids is 2. The average molecular weight is 288 g/mol. The minimum absolute atomic E-state index is 0.0761. The molecule has 0 spiro atoms. The predicted molar refractivity (Wildman–Crippen MR) is 79.5 cm³/mol. The van der Waals surface area contributed by atoms with Crippen LogP contribution in [0, 0.1) is 0 Å². The summed E-state index contributed by atoms with van der Waals surface area (Å²) in [5.74, 6) is 0.0472. The maximum atomic E-state index is 12.2. The molecule has 112 valence electrons. The molecule has 1 saturated heterocycles. The first-order valence-corrected chi connectivity index (χ1v) is 7.44. The van der Waals surface area contributed by atoms with E-state index in [1.807, 2.05) is 12.1 Å². The summed E-state index contributed by atoms with van der Waals surface area (Å²) in [6, 6.07) is 5.52. The normalized spacial score (nSPS) is 21.3. The number of fused-ring (bicyclic) bond motifs is 1. The standard InChI is InChI=1S/C16H20N2O3/c1-18-14-6-4-12(9-11(14)5-7-15(18)19)16(20)17-10-13-3-2-8-21-13/h4,6,9,13H,2-3,5,7-8,10H2,1H3,(H,17,20)/t13-/m1/s1. The minimum Gasteiger partial charge on any atom is -0.376 e. The van der Waals surface area contributed by atoms with Crippen LogP contribution in [-0.4, -0.2) is 38.1 Å². The number of aryl methyl sites for hydroxylation is 1. The zero-order chi connectivity index (χ0) is 14.8. The Balaban J connectivity index is 1.68. The van der Waals surface area contributed by atoms with Gasteiger partial charge in [-0.2, -0.15) is 0 Å². The van der Waals surface area contributed by atoms with Crippen molar-refractivity contribution in [3.8, 4) is 0 Å². The first kappa shape index (κ1) is 14.1. The number of anilines is 1. The molecular weight excluding hydrogens is 268 g/mol. The summed E-state index contributed by atoms with van der Waals surface area (Å²) in [4.78, 5) is 25.5. The van der Waals surface area contributed by atoms with Gasteiger partial charge in [0, 0.05) is 37.9 Å². The van der Waals surface area contributed by atoms with Crippen molar-refractivity contribution in [1.29, 1.82) is 0 Å². The molecule has 1 aromatic carbocycles. The Morgan fingerprint density at radius 2 is 2.29 bits per heavy atom. The summed E-state index contributed by atoms with van der Waals surface area (Å²) >= 11 is 0.